The lowest BCUT2D eigenvalue weighted by Gasteiger charge is -2.06. The van der Waals surface area contributed by atoms with Crippen LogP contribution in [-0.2, 0) is 6.42 Å². The van der Waals surface area contributed by atoms with Crippen LogP contribution in [0.25, 0.3) is 17.5 Å². The molecule has 1 heterocycles. The van der Waals surface area contributed by atoms with Gasteiger partial charge in [-0.25, -0.2) is 4.79 Å². The highest BCUT2D eigenvalue weighted by molar-refractivity contribution is 9.10. The summed E-state index contributed by atoms with van der Waals surface area (Å²) in [7, 11) is 0. The van der Waals surface area contributed by atoms with Crippen LogP contribution in [0.1, 0.15) is 11.4 Å². The van der Waals surface area contributed by atoms with Crippen LogP contribution >= 0.6 is 15.9 Å². The van der Waals surface area contributed by atoms with Gasteiger partial charge >= 0.3 is 5.69 Å². The Morgan fingerprint density at radius 2 is 1.54 bits per heavy atom. The van der Waals surface area contributed by atoms with Gasteiger partial charge in [0, 0.05) is 10.9 Å². The zero-order chi connectivity index (χ0) is 16.5. The van der Waals surface area contributed by atoms with Crippen molar-refractivity contribution in [3.05, 3.63) is 99.2 Å². The van der Waals surface area contributed by atoms with E-state index in [-0.39, 0.29) is 5.69 Å². The molecule has 0 saturated heterocycles. The third-order valence-corrected chi connectivity index (χ3v) is 4.63. The van der Waals surface area contributed by atoms with Crippen LogP contribution in [0, 0.1) is 0 Å². The summed E-state index contributed by atoms with van der Waals surface area (Å²) in [6, 6.07) is 17.6. The molecule has 0 radical (unpaired) electrons. The Hall–Kier alpha value is -2.59. The van der Waals surface area contributed by atoms with Gasteiger partial charge in [-0.15, -0.1) is 0 Å². The molecule has 0 N–H and O–H groups in total. The first-order chi connectivity index (χ1) is 11.8. The second-order valence-electron chi connectivity index (χ2n) is 5.59. The second-order valence-corrected chi connectivity index (χ2v) is 6.50. The van der Waals surface area contributed by atoms with Crippen molar-refractivity contribution in [1.29, 1.82) is 0 Å². The van der Waals surface area contributed by atoms with Gasteiger partial charge in [-0.05, 0) is 42.5 Å². The van der Waals surface area contributed by atoms with Gasteiger partial charge in [0.1, 0.15) is 0 Å². The Labute approximate surface area is 148 Å². The quantitative estimate of drug-likeness (QED) is 0.643. The van der Waals surface area contributed by atoms with E-state index in [9.17, 15) is 4.79 Å². The number of aromatic nitrogens is 2. The number of fused-ring (bicyclic) bond motifs is 1. The van der Waals surface area contributed by atoms with Crippen LogP contribution in [0.15, 0.2) is 82.1 Å². The van der Waals surface area contributed by atoms with Gasteiger partial charge in [0.25, 0.3) is 0 Å². The summed E-state index contributed by atoms with van der Waals surface area (Å²) >= 11 is 3.45. The van der Waals surface area contributed by atoms with E-state index in [1.54, 1.807) is 9.13 Å². The summed E-state index contributed by atoms with van der Waals surface area (Å²) in [6.45, 7) is 0. The van der Waals surface area contributed by atoms with Crippen molar-refractivity contribution in [3.8, 4) is 11.4 Å². The maximum atomic E-state index is 13.2. The van der Waals surface area contributed by atoms with Crippen molar-refractivity contribution in [1.82, 2.24) is 9.13 Å². The highest BCUT2D eigenvalue weighted by Crippen LogP contribution is 2.23. The van der Waals surface area contributed by atoms with Gasteiger partial charge < -0.3 is 0 Å². The van der Waals surface area contributed by atoms with Crippen LogP contribution in [0.4, 0.5) is 0 Å². The predicted octanol–water partition coefficient (Wildman–Crippen LogP) is 4.52. The Balaban J connectivity index is 2.03. The standard InChI is InChI=1S/C20H15BrN2O/c21-15-11-13-17(14-12-15)23-19-10-6-2-5-9-18(19)22(20(23)24)16-7-3-1-4-8-16/h1-9,11-14H,10H2. The number of rotatable bonds is 2. The predicted molar refractivity (Wildman–Crippen MR) is 101 cm³/mol. The van der Waals surface area contributed by atoms with Gasteiger partial charge in [0.2, 0.25) is 0 Å². The van der Waals surface area contributed by atoms with E-state index in [1.807, 2.05) is 72.8 Å². The number of benzene rings is 2. The average Bonchev–Trinajstić information content (AvgIpc) is 2.75. The Morgan fingerprint density at radius 1 is 0.833 bits per heavy atom. The van der Waals surface area contributed by atoms with E-state index in [4.69, 9.17) is 0 Å². The molecule has 0 fully saturated rings. The number of hydrogen-bond donors (Lipinski definition) is 0. The third-order valence-electron chi connectivity index (χ3n) is 4.10. The fourth-order valence-corrected chi connectivity index (χ4v) is 3.28. The van der Waals surface area contributed by atoms with Crippen molar-refractivity contribution in [2.45, 2.75) is 6.42 Å². The van der Waals surface area contributed by atoms with Crippen LogP contribution < -0.4 is 5.69 Å². The molecule has 0 amide bonds. The zero-order valence-electron chi connectivity index (χ0n) is 12.9. The monoisotopic (exact) mass is 378 g/mol. The van der Waals surface area contributed by atoms with Crippen LogP contribution in [-0.4, -0.2) is 9.13 Å². The van der Waals surface area contributed by atoms with Crippen molar-refractivity contribution in [2.75, 3.05) is 0 Å². The number of imidazole rings is 1. The fourth-order valence-electron chi connectivity index (χ4n) is 3.02. The maximum Gasteiger partial charge on any atom is 0.338 e. The van der Waals surface area contributed by atoms with Crippen LogP contribution in [0.3, 0.4) is 0 Å². The minimum atomic E-state index is -0.0477. The highest BCUT2D eigenvalue weighted by Gasteiger charge is 2.20. The highest BCUT2D eigenvalue weighted by atomic mass is 79.9. The molecule has 1 aliphatic carbocycles. The van der Waals surface area contributed by atoms with E-state index in [0.717, 1.165) is 27.2 Å². The summed E-state index contributed by atoms with van der Waals surface area (Å²) in [5.41, 5.74) is 3.63. The molecule has 3 nitrogen and oxygen atoms in total. The number of hydrogen-bond acceptors (Lipinski definition) is 1. The number of allylic oxidation sites excluding steroid dienone is 3. The lowest BCUT2D eigenvalue weighted by Crippen LogP contribution is -2.23. The molecule has 118 valence electrons. The topological polar surface area (TPSA) is 26.9 Å². The minimum absolute atomic E-state index is 0.0477. The molecule has 24 heavy (non-hydrogen) atoms. The van der Waals surface area contributed by atoms with E-state index in [0.29, 0.717) is 6.42 Å². The zero-order valence-corrected chi connectivity index (χ0v) is 14.5. The minimum Gasteiger partial charge on any atom is -0.264 e. The Bertz CT molecular complexity index is 993. The summed E-state index contributed by atoms with van der Waals surface area (Å²) in [5, 5.41) is 0. The first-order valence-electron chi connectivity index (χ1n) is 7.77. The maximum absolute atomic E-state index is 13.2. The third kappa shape index (κ3) is 2.49. The molecule has 1 aliphatic rings. The molecule has 0 spiro atoms. The van der Waals surface area contributed by atoms with Gasteiger partial charge in [-0.3, -0.25) is 9.13 Å². The average molecular weight is 379 g/mol. The number of halogens is 1. The van der Waals surface area contributed by atoms with Gasteiger partial charge in [-0.2, -0.15) is 0 Å². The molecule has 0 saturated carbocycles. The SMILES string of the molecule is O=c1n(-c2ccccc2)c2c(n1-c1ccc(Br)cc1)CC=CC=C2. The molecule has 4 rings (SSSR count). The van der Waals surface area contributed by atoms with E-state index < -0.39 is 0 Å². The Kier molecular flexibility index (Phi) is 3.82. The first kappa shape index (κ1) is 15.0. The lowest BCUT2D eigenvalue weighted by atomic mass is 10.2. The van der Waals surface area contributed by atoms with E-state index in [1.165, 1.54) is 0 Å². The lowest BCUT2D eigenvalue weighted by molar-refractivity contribution is 0.883. The van der Waals surface area contributed by atoms with Crippen LogP contribution in [0.2, 0.25) is 0 Å². The van der Waals surface area contributed by atoms with Gasteiger partial charge in [-0.1, -0.05) is 52.4 Å². The number of nitrogens with zero attached hydrogens (tertiary/aromatic N) is 2. The molecule has 0 unspecified atom stereocenters. The summed E-state index contributed by atoms with van der Waals surface area (Å²) < 4.78 is 4.57. The fraction of sp³-hybridized carbons (Fsp3) is 0.0500. The van der Waals surface area contributed by atoms with Crippen molar-refractivity contribution >= 4 is 22.0 Å². The number of para-hydroxylation sites is 1. The van der Waals surface area contributed by atoms with Crippen LogP contribution in [0.5, 0.6) is 0 Å². The summed E-state index contributed by atoms with van der Waals surface area (Å²) in [5.74, 6) is 0. The smallest absolute Gasteiger partial charge is 0.264 e. The van der Waals surface area contributed by atoms with E-state index >= 15 is 0 Å². The van der Waals surface area contributed by atoms with Crippen molar-refractivity contribution < 1.29 is 0 Å². The molecule has 0 atom stereocenters. The van der Waals surface area contributed by atoms with Crippen molar-refractivity contribution in [3.63, 3.8) is 0 Å². The molecule has 3 aromatic rings. The normalized spacial score (nSPS) is 12.9. The Morgan fingerprint density at radius 3 is 2.29 bits per heavy atom. The largest absolute Gasteiger partial charge is 0.338 e. The van der Waals surface area contributed by atoms with Gasteiger partial charge in [0.05, 0.1) is 22.8 Å². The molecular weight excluding hydrogens is 364 g/mol. The molecular formula is C20H15BrN2O. The first-order valence-corrected chi connectivity index (χ1v) is 8.56. The second kappa shape index (κ2) is 6.13. The molecule has 4 heteroatoms. The summed E-state index contributed by atoms with van der Waals surface area (Å²) in [4.78, 5) is 13.2. The van der Waals surface area contributed by atoms with Crippen molar-refractivity contribution in [2.24, 2.45) is 0 Å². The molecule has 1 aromatic heterocycles. The molecule has 0 bridgehead atoms. The molecule has 0 aliphatic heterocycles. The molecule has 2 aromatic carbocycles. The van der Waals surface area contributed by atoms with Gasteiger partial charge in [0.15, 0.2) is 0 Å². The summed E-state index contributed by atoms with van der Waals surface area (Å²) in [6.07, 6.45) is 8.80. The van der Waals surface area contributed by atoms with E-state index in [2.05, 4.69) is 22.0 Å².